The highest BCUT2D eigenvalue weighted by molar-refractivity contribution is 5.69. The Morgan fingerprint density at radius 3 is 1.90 bits per heavy atom. The maximum atomic E-state index is 10.4. The summed E-state index contributed by atoms with van der Waals surface area (Å²) < 4.78 is 0. The van der Waals surface area contributed by atoms with E-state index in [1.807, 2.05) is 0 Å². The molecule has 0 N–H and O–H groups in total. The molecule has 10 heavy (non-hydrogen) atoms. The highest BCUT2D eigenvalue weighted by Crippen LogP contribution is 2.22. The van der Waals surface area contributed by atoms with Gasteiger partial charge in [0.1, 0.15) is 0 Å². The Bertz CT molecular complexity index is 112. The molecule has 1 saturated carbocycles. The molecule has 1 aliphatic carbocycles. The molecule has 0 amide bonds. The van der Waals surface area contributed by atoms with Crippen molar-refractivity contribution in [1.82, 2.24) is 0 Å². The van der Waals surface area contributed by atoms with Crippen LogP contribution in [-0.4, -0.2) is 5.97 Å². The standard InChI is InChI=1S/C8H13O2/c9-8(10)7-5-3-1-2-4-6-7/h7H,1-6H2. The molecule has 2 nitrogen and oxygen atoms in total. The van der Waals surface area contributed by atoms with E-state index in [1.54, 1.807) is 0 Å². The molecule has 0 aromatic rings. The van der Waals surface area contributed by atoms with Crippen molar-refractivity contribution in [1.29, 1.82) is 0 Å². The average molecular weight is 141 g/mol. The second-order valence-corrected chi connectivity index (χ2v) is 3.01. The molecule has 0 spiro atoms. The van der Waals surface area contributed by atoms with E-state index >= 15 is 0 Å². The van der Waals surface area contributed by atoms with Gasteiger partial charge in [0.15, 0.2) is 0 Å². The lowest BCUT2D eigenvalue weighted by molar-refractivity contribution is -0.148. The Labute approximate surface area is 61.2 Å². The first kappa shape index (κ1) is 7.58. The van der Waals surface area contributed by atoms with E-state index in [0.717, 1.165) is 25.7 Å². The van der Waals surface area contributed by atoms with Gasteiger partial charge in [-0.15, -0.1) is 0 Å². The summed E-state index contributed by atoms with van der Waals surface area (Å²) in [7, 11) is 0. The molecule has 0 aromatic carbocycles. The first-order valence-electron chi connectivity index (χ1n) is 4.01. The highest BCUT2D eigenvalue weighted by atomic mass is 16.4. The van der Waals surface area contributed by atoms with Gasteiger partial charge in [-0.25, -0.2) is 9.90 Å². The van der Waals surface area contributed by atoms with E-state index < -0.39 is 5.97 Å². The first-order valence-corrected chi connectivity index (χ1v) is 4.01. The number of hydrogen-bond acceptors (Lipinski definition) is 1. The van der Waals surface area contributed by atoms with Crippen LogP contribution in [0.1, 0.15) is 38.5 Å². The van der Waals surface area contributed by atoms with E-state index in [-0.39, 0.29) is 5.92 Å². The maximum absolute atomic E-state index is 10.4. The summed E-state index contributed by atoms with van der Waals surface area (Å²) in [5.74, 6) is -0.996. The van der Waals surface area contributed by atoms with Gasteiger partial charge in [0.05, 0.1) is 5.92 Å². The van der Waals surface area contributed by atoms with Crippen molar-refractivity contribution in [2.45, 2.75) is 38.5 Å². The summed E-state index contributed by atoms with van der Waals surface area (Å²) >= 11 is 0. The quantitative estimate of drug-likeness (QED) is 0.514. The minimum atomic E-state index is -0.845. The lowest BCUT2D eigenvalue weighted by Crippen LogP contribution is -2.10. The molecule has 1 aliphatic rings. The van der Waals surface area contributed by atoms with Gasteiger partial charge in [-0.2, -0.15) is 0 Å². The third-order valence-corrected chi connectivity index (χ3v) is 2.19. The van der Waals surface area contributed by atoms with E-state index in [0.29, 0.717) is 0 Å². The Kier molecular flexibility index (Phi) is 2.72. The molecule has 0 heterocycles. The smallest absolute Gasteiger partial charge is 0.247 e. The van der Waals surface area contributed by atoms with E-state index in [2.05, 4.69) is 0 Å². The fourth-order valence-corrected chi connectivity index (χ4v) is 1.52. The minimum Gasteiger partial charge on any atom is -0.247 e. The second kappa shape index (κ2) is 3.59. The number of hydrogen-bond donors (Lipinski definition) is 0. The van der Waals surface area contributed by atoms with Crippen molar-refractivity contribution in [3.8, 4) is 0 Å². The van der Waals surface area contributed by atoms with Crippen LogP contribution < -0.4 is 0 Å². The first-order chi connectivity index (χ1) is 4.80. The van der Waals surface area contributed by atoms with Crippen LogP contribution in [0.15, 0.2) is 0 Å². The van der Waals surface area contributed by atoms with Gasteiger partial charge < -0.3 is 0 Å². The third kappa shape index (κ3) is 2.01. The number of rotatable bonds is 1. The zero-order valence-electron chi connectivity index (χ0n) is 6.14. The third-order valence-electron chi connectivity index (χ3n) is 2.19. The molecule has 57 valence electrons. The molecular weight excluding hydrogens is 128 g/mol. The van der Waals surface area contributed by atoms with Crippen LogP contribution in [0.3, 0.4) is 0 Å². The van der Waals surface area contributed by atoms with Gasteiger partial charge in [0.2, 0.25) is 0 Å². The summed E-state index contributed by atoms with van der Waals surface area (Å²) in [4.78, 5) is 10.4. The lowest BCUT2D eigenvalue weighted by Gasteiger charge is -2.03. The van der Waals surface area contributed by atoms with Gasteiger partial charge in [0, 0.05) is 0 Å². The Morgan fingerprint density at radius 1 is 1.00 bits per heavy atom. The molecular formula is C8H13O2. The highest BCUT2D eigenvalue weighted by Gasteiger charge is 2.19. The molecule has 2 heteroatoms. The Balaban J connectivity index is 2.35. The van der Waals surface area contributed by atoms with Crippen LogP contribution in [-0.2, 0) is 9.90 Å². The van der Waals surface area contributed by atoms with Crippen LogP contribution in [0.25, 0.3) is 0 Å². The van der Waals surface area contributed by atoms with Crippen molar-refractivity contribution < 1.29 is 9.90 Å². The van der Waals surface area contributed by atoms with Gasteiger partial charge >= 0.3 is 5.97 Å². The largest absolute Gasteiger partial charge is 0.358 e. The van der Waals surface area contributed by atoms with Gasteiger partial charge in [-0.1, -0.05) is 25.7 Å². The van der Waals surface area contributed by atoms with Crippen LogP contribution in [0.2, 0.25) is 0 Å². The fourth-order valence-electron chi connectivity index (χ4n) is 1.52. The number of carbonyl (C=O) groups is 1. The van der Waals surface area contributed by atoms with Crippen molar-refractivity contribution in [2.24, 2.45) is 5.92 Å². The molecule has 1 rings (SSSR count). The molecule has 0 aromatic heterocycles. The summed E-state index contributed by atoms with van der Waals surface area (Å²) in [5.41, 5.74) is 0. The summed E-state index contributed by atoms with van der Waals surface area (Å²) in [6.45, 7) is 0. The van der Waals surface area contributed by atoms with Crippen LogP contribution in [0.4, 0.5) is 0 Å². The predicted molar refractivity (Wildman–Crippen MR) is 36.9 cm³/mol. The zero-order valence-corrected chi connectivity index (χ0v) is 6.14. The molecule has 1 fully saturated rings. The Hall–Kier alpha value is -0.530. The second-order valence-electron chi connectivity index (χ2n) is 3.01. The van der Waals surface area contributed by atoms with Crippen molar-refractivity contribution in [3.05, 3.63) is 0 Å². The molecule has 1 radical (unpaired) electrons. The molecule has 0 atom stereocenters. The minimum absolute atomic E-state index is 0.150. The predicted octanol–water partition coefficient (Wildman–Crippen LogP) is 1.91. The van der Waals surface area contributed by atoms with Crippen molar-refractivity contribution in [2.75, 3.05) is 0 Å². The number of carbonyl (C=O) groups excluding carboxylic acids is 1. The summed E-state index contributed by atoms with van der Waals surface area (Å²) in [6.07, 6.45) is 6.20. The SMILES string of the molecule is [O]C(=O)C1CCCCCC1. The lowest BCUT2D eigenvalue weighted by atomic mass is 10.0. The molecule has 0 unspecified atom stereocenters. The van der Waals surface area contributed by atoms with E-state index in [4.69, 9.17) is 0 Å². The van der Waals surface area contributed by atoms with Crippen molar-refractivity contribution >= 4 is 5.97 Å². The zero-order chi connectivity index (χ0) is 7.40. The van der Waals surface area contributed by atoms with Crippen LogP contribution >= 0.6 is 0 Å². The normalized spacial score (nSPS) is 22.0. The van der Waals surface area contributed by atoms with Crippen molar-refractivity contribution in [3.63, 3.8) is 0 Å². The average Bonchev–Trinajstić information content (AvgIpc) is 2.12. The van der Waals surface area contributed by atoms with E-state index in [1.165, 1.54) is 12.8 Å². The maximum Gasteiger partial charge on any atom is 0.358 e. The van der Waals surface area contributed by atoms with Gasteiger partial charge in [0.25, 0.3) is 0 Å². The van der Waals surface area contributed by atoms with Gasteiger partial charge in [-0.05, 0) is 12.8 Å². The Morgan fingerprint density at radius 2 is 1.50 bits per heavy atom. The monoisotopic (exact) mass is 141 g/mol. The summed E-state index contributed by atoms with van der Waals surface area (Å²) in [6, 6.07) is 0. The van der Waals surface area contributed by atoms with Gasteiger partial charge in [-0.3, -0.25) is 0 Å². The van der Waals surface area contributed by atoms with Crippen LogP contribution in [0, 0.1) is 5.92 Å². The molecule has 0 bridgehead atoms. The van der Waals surface area contributed by atoms with E-state index in [9.17, 15) is 9.90 Å². The van der Waals surface area contributed by atoms with Crippen LogP contribution in [0.5, 0.6) is 0 Å². The topological polar surface area (TPSA) is 37.0 Å². The molecule has 0 aliphatic heterocycles. The molecule has 0 saturated heterocycles. The fraction of sp³-hybridized carbons (Fsp3) is 0.875. The summed E-state index contributed by atoms with van der Waals surface area (Å²) in [5, 5.41) is 10.4.